The number of rotatable bonds is 2. The first kappa shape index (κ1) is 25.4. The topological polar surface area (TPSA) is 83.1 Å². The predicted octanol–water partition coefficient (Wildman–Crippen LogP) is 7.36. The highest BCUT2D eigenvalue weighted by molar-refractivity contribution is 7.33. The number of fused-ring (bicyclic) bond motifs is 9. The summed E-state index contributed by atoms with van der Waals surface area (Å²) < 4.78 is 10.8. The summed E-state index contributed by atoms with van der Waals surface area (Å²) in [6.45, 7) is 0. The van der Waals surface area contributed by atoms with Crippen LogP contribution in [-0.4, -0.2) is 36.8 Å². The van der Waals surface area contributed by atoms with Gasteiger partial charge in [-0.05, 0) is 24.3 Å². The van der Waals surface area contributed by atoms with Crippen molar-refractivity contribution >= 4 is 98.8 Å². The highest BCUT2D eigenvalue weighted by atomic mass is 32.1. The monoisotopic (exact) mass is 611 g/mol. The first-order valence-corrected chi connectivity index (χ1v) is 15.7. The molecule has 0 aliphatic heterocycles. The van der Waals surface area contributed by atoms with Crippen LogP contribution in [0.2, 0.25) is 0 Å². The molecule has 2 aliphatic carbocycles. The number of nitrogens with zero attached hydrogens (tertiary/aromatic N) is 3. The Labute approximate surface area is 257 Å². The number of allylic oxidation sites excluding steroid dienone is 2. The number of Topliss-reactive ketones (excluding diaryl/α,β-unsaturated/α-hetero) is 4. The van der Waals surface area contributed by atoms with E-state index >= 15 is 0 Å². The van der Waals surface area contributed by atoms with E-state index in [0.29, 0.717) is 22.3 Å². The van der Waals surface area contributed by atoms with Crippen LogP contribution in [0, 0.1) is 0 Å². The average molecular weight is 612 g/mol. The predicted molar refractivity (Wildman–Crippen MR) is 175 cm³/mol. The summed E-state index contributed by atoms with van der Waals surface area (Å²) >= 11 is 3.40. The van der Waals surface area contributed by atoms with Crippen LogP contribution in [0.3, 0.4) is 0 Å². The Kier molecular flexibility index (Phi) is 4.90. The molecule has 9 rings (SSSR count). The third-order valence-corrected chi connectivity index (χ3v) is 11.4. The van der Waals surface area contributed by atoms with Gasteiger partial charge in [-0.25, -0.2) is 0 Å². The normalized spacial score (nSPS) is 14.8. The van der Waals surface area contributed by atoms with E-state index in [0.717, 1.165) is 42.9 Å². The smallest absolute Gasteiger partial charge is 0.197 e. The lowest BCUT2D eigenvalue weighted by atomic mass is 10.1. The maximum absolute atomic E-state index is 13.0. The molecule has 5 heterocycles. The number of aryl methyl sites for hydroxylation is 3. The zero-order chi connectivity index (χ0) is 30.2. The van der Waals surface area contributed by atoms with E-state index in [-0.39, 0.29) is 34.3 Å². The van der Waals surface area contributed by atoms with Gasteiger partial charge in [0.05, 0.1) is 52.0 Å². The Morgan fingerprint density at radius 2 is 0.841 bits per heavy atom. The summed E-state index contributed by atoms with van der Waals surface area (Å²) in [6, 6.07) is 18.0. The van der Waals surface area contributed by atoms with Crippen LogP contribution in [-0.2, 0) is 21.1 Å². The van der Waals surface area contributed by atoms with Crippen molar-refractivity contribution in [3.8, 4) is 0 Å². The minimum Gasteiger partial charge on any atom is -0.342 e. The Bertz CT molecular complexity index is 2360. The molecule has 0 saturated carbocycles. The van der Waals surface area contributed by atoms with E-state index in [1.54, 1.807) is 83.4 Å². The fourth-order valence-electron chi connectivity index (χ4n) is 6.85. The lowest BCUT2D eigenvalue weighted by Gasteiger charge is -2.04. The van der Waals surface area contributed by atoms with Crippen LogP contribution in [0.5, 0.6) is 0 Å². The highest BCUT2D eigenvalue weighted by Crippen LogP contribution is 2.48. The van der Waals surface area contributed by atoms with Crippen molar-refractivity contribution in [3.63, 3.8) is 0 Å². The average Bonchev–Trinajstić information content (AvgIpc) is 3.85. The molecule has 7 aromatic rings. The lowest BCUT2D eigenvalue weighted by molar-refractivity contribution is 0.0975. The molecule has 0 unspecified atom stereocenters. The molecular formula is C35H21N3O4S2. The maximum Gasteiger partial charge on any atom is 0.197 e. The molecule has 0 atom stereocenters. The summed E-state index contributed by atoms with van der Waals surface area (Å²) in [5, 5.41) is 0. The van der Waals surface area contributed by atoms with Gasteiger partial charge in [-0.1, -0.05) is 48.5 Å². The first-order chi connectivity index (χ1) is 21.2. The Morgan fingerprint density at radius 1 is 0.500 bits per heavy atom. The number of carbonyl (C=O) groups is 4. The second-order valence-corrected chi connectivity index (χ2v) is 13.4. The van der Waals surface area contributed by atoms with Crippen molar-refractivity contribution < 1.29 is 19.2 Å². The second-order valence-electron chi connectivity index (χ2n) is 11.3. The fraction of sp³-hybridized carbons (Fsp3) is 0.0857. The number of ketones is 4. The van der Waals surface area contributed by atoms with Crippen molar-refractivity contribution in [2.75, 3.05) is 0 Å². The van der Waals surface area contributed by atoms with Gasteiger partial charge in [0.25, 0.3) is 0 Å². The molecule has 7 nitrogen and oxygen atoms in total. The van der Waals surface area contributed by atoms with Gasteiger partial charge >= 0.3 is 0 Å². The Balaban J connectivity index is 1.18. The van der Waals surface area contributed by atoms with Gasteiger partial charge in [-0.15, -0.1) is 22.7 Å². The van der Waals surface area contributed by atoms with Crippen LogP contribution < -0.4 is 0 Å². The summed E-state index contributed by atoms with van der Waals surface area (Å²) in [4.78, 5) is 52.2. The minimum absolute atomic E-state index is 0.193. The molecule has 2 aromatic carbocycles. The van der Waals surface area contributed by atoms with Gasteiger partial charge in [0.15, 0.2) is 23.1 Å². The van der Waals surface area contributed by atoms with Crippen LogP contribution in [0.25, 0.3) is 53.0 Å². The summed E-state index contributed by atoms with van der Waals surface area (Å²) in [7, 11) is 5.99. The largest absolute Gasteiger partial charge is 0.342 e. The lowest BCUT2D eigenvalue weighted by Crippen LogP contribution is -2.02. The minimum atomic E-state index is -0.235. The molecule has 5 aromatic heterocycles. The first-order valence-electron chi connectivity index (χ1n) is 14.0. The van der Waals surface area contributed by atoms with Gasteiger partial charge in [0.1, 0.15) is 0 Å². The standard InChI is InChI=1S/C35H21N3O4S2/c1-36-16(12-22-30(39)18-8-4-5-9-19(18)31(22)40)14-24-26(36)28-34(43-24)35-29(38(28)3)27-25(44-35)15-17(37(27)2)13-23-32(41)20-10-6-7-11-21(20)33(23)42/h4-15H,1-3H3. The fourth-order valence-corrected chi connectivity index (χ4v) is 9.60. The third-order valence-electron chi connectivity index (χ3n) is 9.05. The molecule has 0 saturated heterocycles. The van der Waals surface area contributed by atoms with Crippen LogP contribution in [0.15, 0.2) is 71.8 Å². The third kappa shape index (κ3) is 3.04. The van der Waals surface area contributed by atoms with E-state index in [1.807, 2.05) is 26.2 Å². The van der Waals surface area contributed by atoms with E-state index < -0.39 is 0 Å². The number of hydrogen-bond donors (Lipinski definition) is 0. The van der Waals surface area contributed by atoms with Crippen molar-refractivity contribution in [2.24, 2.45) is 21.1 Å². The summed E-state index contributed by atoms with van der Waals surface area (Å²) in [5.41, 5.74) is 8.07. The van der Waals surface area contributed by atoms with Crippen molar-refractivity contribution in [3.05, 3.63) is 105 Å². The van der Waals surface area contributed by atoms with Gasteiger partial charge in [-0.2, -0.15) is 0 Å². The summed E-state index contributed by atoms with van der Waals surface area (Å²) in [6.07, 6.45) is 3.43. The number of thiophene rings is 2. The molecule has 44 heavy (non-hydrogen) atoms. The quantitative estimate of drug-likeness (QED) is 0.151. The zero-order valence-electron chi connectivity index (χ0n) is 23.7. The van der Waals surface area contributed by atoms with E-state index in [9.17, 15) is 19.2 Å². The molecule has 0 bridgehead atoms. The highest BCUT2D eigenvalue weighted by Gasteiger charge is 2.34. The molecule has 0 fully saturated rings. The van der Waals surface area contributed by atoms with Gasteiger partial charge in [0, 0.05) is 54.8 Å². The molecule has 2 aliphatic rings. The number of carbonyl (C=O) groups excluding carboxylic acids is 4. The van der Waals surface area contributed by atoms with Crippen molar-refractivity contribution in [1.29, 1.82) is 0 Å². The van der Waals surface area contributed by atoms with E-state index in [2.05, 4.69) is 20.7 Å². The van der Waals surface area contributed by atoms with Gasteiger partial charge < -0.3 is 13.7 Å². The van der Waals surface area contributed by atoms with Gasteiger partial charge in [0.2, 0.25) is 0 Å². The number of aromatic nitrogens is 3. The van der Waals surface area contributed by atoms with E-state index in [1.165, 1.54) is 9.40 Å². The molecule has 9 heteroatoms. The van der Waals surface area contributed by atoms with Gasteiger partial charge in [-0.3, -0.25) is 19.2 Å². The molecule has 212 valence electrons. The van der Waals surface area contributed by atoms with Crippen LogP contribution in [0.4, 0.5) is 0 Å². The Hall–Kier alpha value is -5.12. The van der Waals surface area contributed by atoms with E-state index in [4.69, 9.17) is 0 Å². The zero-order valence-corrected chi connectivity index (χ0v) is 25.4. The molecule has 0 N–H and O–H groups in total. The molecular weight excluding hydrogens is 591 g/mol. The SMILES string of the molecule is Cn1c(C=C2C(=O)c3ccccc3C2=O)cc2sc3c4sc5cc(C=C6C(=O)c7ccccc7C6=O)n(C)c5c4n(C)c3c21. The Morgan fingerprint density at radius 3 is 1.18 bits per heavy atom. The number of hydrogen-bond acceptors (Lipinski definition) is 6. The molecule has 0 amide bonds. The number of benzene rings is 2. The van der Waals surface area contributed by atoms with Crippen LogP contribution in [0.1, 0.15) is 52.8 Å². The van der Waals surface area contributed by atoms with Crippen molar-refractivity contribution in [1.82, 2.24) is 13.7 Å². The van der Waals surface area contributed by atoms with Crippen LogP contribution >= 0.6 is 22.7 Å². The maximum atomic E-state index is 13.0. The van der Waals surface area contributed by atoms with Crippen molar-refractivity contribution in [2.45, 2.75) is 0 Å². The second kappa shape index (κ2) is 8.49. The molecule has 0 spiro atoms. The molecule has 0 radical (unpaired) electrons. The summed E-state index contributed by atoms with van der Waals surface area (Å²) in [5.74, 6) is -0.939.